The van der Waals surface area contributed by atoms with Crippen LogP contribution in [0.15, 0.2) is 12.1 Å². The van der Waals surface area contributed by atoms with Crippen LogP contribution in [0.1, 0.15) is 48.8 Å². The molecule has 2 amide bonds. The number of hydrogen-bond acceptors (Lipinski definition) is 2. The zero-order valence-electron chi connectivity index (χ0n) is 13.3. The molecule has 1 aliphatic carbocycles. The van der Waals surface area contributed by atoms with Gasteiger partial charge in [0.1, 0.15) is 5.75 Å². The largest absolute Gasteiger partial charge is 0.473 e. The molecule has 0 aliphatic heterocycles. The monoisotopic (exact) mass is 290 g/mol. The van der Waals surface area contributed by atoms with Crippen LogP contribution < -0.4 is 15.4 Å². The molecule has 1 aromatic rings. The molecule has 4 nitrogen and oxygen atoms in total. The van der Waals surface area contributed by atoms with Crippen molar-refractivity contribution in [3.63, 3.8) is 0 Å². The van der Waals surface area contributed by atoms with E-state index in [1.807, 2.05) is 19.9 Å². The molecule has 0 saturated heterocycles. The van der Waals surface area contributed by atoms with Gasteiger partial charge in [0, 0.05) is 6.04 Å². The van der Waals surface area contributed by atoms with Gasteiger partial charge in [0.05, 0.1) is 0 Å². The quantitative estimate of drug-likeness (QED) is 0.833. The molecule has 1 aromatic carbocycles. The second-order valence-corrected chi connectivity index (χ2v) is 5.93. The highest BCUT2D eigenvalue weighted by atomic mass is 16.5. The van der Waals surface area contributed by atoms with E-state index in [0.717, 1.165) is 29.7 Å². The lowest BCUT2D eigenvalue weighted by Gasteiger charge is -2.23. The lowest BCUT2D eigenvalue weighted by atomic mass is 9.96. The minimum absolute atomic E-state index is 0.134. The first-order valence-electron chi connectivity index (χ1n) is 7.82. The first-order valence-corrected chi connectivity index (χ1v) is 7.82. The molecule has 0 spiro atoms. The molecule has 0 unspecified atom stereocenters. The normalized spacial score (nSPS) is 15.6. The smallest absolute Gasteiger partial charge is 0.317 e. The van der Waals surface area contributed by atoms with E-state index in [1.54, 1.807) is 0 Å². The molecule has 2 rings (SSSR count). The van der Waals surface area contributed by atoms with Crippen LogP contribution in [-0.4, -0.2) is 18.8 Å². The van der Waals surface area contributed by atoms with Crippen LogP contribution in [-0.2, 0) is 0 Å². The summed E-state index contributed by atoms with van der Waals surface area (Å²) in [7, 11) is 0. The van der Waals surface area contributed by atoms with E-state index < -0.39 is 0 Å². The molecule has 0 radical (unpaired) electrons. The third-order valence-electron chi connectivity index (χ3n) is 4.26. The Balaban J connectivity index is 1.78. The first kappa shape index (κ1) is 15.7. The van der Waals surface area contributed by atoms with E-state index in [1.165, 1.54) is 24.8 Å². The lowest BCUT2D eigenvalue weighted by Crippen LogP contribution is -2.44. The van der Waals surface area contributed by atoms with Crippen LogP contribution in [0, 0.1) is 20.8 Å². The van der Waals surface area contributed by atoms with Crippen LogP contribution in [0.25, 0.3) is 0 Å². The fourth-order valence-electron chi connectivity index (χ4n) is 2.80. The average molecular weight is 290 g/mol. The molecular weight excluding hydrogens is 264 g/mol. The van der Waals surface area contributed by atoms with E-state index in [0.29, 0.717) is 6.04 Å². The molecular formula is C17H26N2O2. The van der Waals surface area contributed by atoms with Gasteiger partial charge >= 0.3 is 6.03 Å². The molecule has 0 atom stereocenters. The summed E-state index contributed by atoms with van der Waals surface area (Å²) in [4.78, 5) is 11.8. The van der Waals surface area contributed by atoms with Crippen molar-refractivity contribution in [1.29, 1.82) is 0 Å². The van der Waals surface area contributed by atoms with E-state index in [2.05, 4.69) is 23.6 Å². The van der Waals surface area contributed by atoms with Crippen molar-refractivity contribution in [2.24, 2.45) is 0 Å². The Hall–Kier alpha value is -1.71. The Morgan fingerprint density at radius 1 is 1.14 bits per heavy atom. The maximum absolute atomic E-state index is 11.8. The first-order chi connectivity index (χ1) is 10.1. The summed E-state index contributed by atoms with van der Waals surface area (Å²) < 4.78 is 5.74. The number of aryl methyl sites for hydroxylation is 2. The number of nitrogens with one attached hydrogen (secondary N) is 2. The predicted molar refractivity (Wildman–Crippen MR) is 84.7 cm³/mol. The zero-order chi connectivity index (χ0) is 15.2. The summed E-state index contributed by atoms with van der Waals surface area (Å²) >= 11 is 0. The highest BCUT2D eigenvalue weighted by Gasteiger charge is 2.15. The zero-order valence-corrected chi connectivity index (χ0v) is 13.3. The molecule has 1 aliphatic rings. The number of carbonyl (C=O) groups excluding carboxylic acids is 1. The van der Waals surface area contributed by atoms with Crippen molar-refractivity contribution < 1.29 is 9.53 Å². The van der Waals surface area contributed by atoms with E-state index in [-0.39, 0.29) is 12.8 Å². The molecule has 21 heavy (non-hydrogen) atoms. The van der Waals surface area contributed by atoms with Gasteiger partial charge in [-0.25, -0.2) is 4.79 Å². The van der Waals surface area contributed by atoms with Crippen molar-refractivity contribution in [3.05, 3.63) is 28.8 Å². The van der Waals surface area contributed by atoms with Crippen LogP contribution in [0.4, 0.5) is 4.79 Å². The van der Waals surface area contributed by atoms with Gasteiger partial charge < -0.3 is 15.4 Å². The number of amides is 2. The number of rotatable bonds is 4. The lowest BCUT2D eigenvalue weighted by molar-refractivity contribution is 0.216. The van der Waals surface area contributed by atoms with Crippen molar-refractivity contribution in [1.82, 2.24) is 10.6 Å². The minimum Gasteiger partial charge on any atom is -0.473 e. The summed E-state index contributed by atoms with van der Waals surface area (Å²) in [5, 5.41) is 5.80. The highest BCUT2D eigenvalue weighted by Crippen LogP contribution is 2.25. The Morgan fingerprint density at radius 3 is 2.52 bits per heavy atom. The Morgan fingerprint density at radius 2 is 1.81 bits per heavy atom. The van der Waals surface area contributed by atoms with Gasteiger partial charge in [-0.2, -0.15) is 0 Å². The van der Waals surface area contributed by atoms with Gasteiger partial charge in [-0.1, -0.05) is 31.4 Å². The van der Waals surface area contributed by atoms with Crippen LogP contribution in [0.5, 0.6) is 5.75 Å². The SMILES string of the molecule is Cc1ccc(C)c(OCNC(=O)NC2CCCCC2)c1C. The average Bonchev–Trinajstić information content (AvgIpc) is 2.48. The molecule has 0 aromatic heterocycles. The second-order valence-electron chi connectivity index (χ2n) is 5.93. The van der Waals surface area contributed by atoms with Gasteiger partial charge in [0.25, 0.3) is 0 Å². The summed E-state index contributed by atoms with van der Waals surface area (Å²) in [6.07, 6.45) is 5.88. The van der Waals surface area contributed by atoms with Crippen LogP contribution in [0.2, 0.25) is 0 Å². The molecule has 0 bridgehead atoms. The van der Waals surface area contributed by atoms with Crippen molar-refractivity contribution in [2.45, 2.75) is 58.9 Å². The fourth-order valence-corrected chi connectivity index (χ4v) is 2.80. The van der Waals surface area contributed by atoms with E-state index >= 15 is 0 Å². The maximum atomic E-state index is 11.8. The maximum Gasteiger partial charge on any atom is 0.317 e. The van der Waals surface area contributed by atoms with Gasteiger partial charge in [-0.15, -0.1) is 0 Å². The molecule has 1 saturated carbocycles. The van der Waals surface area contributed by atoms with Crippen LogP contribution >= 0.6 is 0 Å². The van der Waals surface area contributed by atoms with Gasteiger partial charge in [0.15, 0.2) is 6.73 Å². The third-order valence-corrected chi connectivity index (χ3v) is 4.26. The molecule has 1 fully saturated rings. The number of benzene rings is 1. The Labute approximate surface area is 127 Å². The topological polar surface area (TPSA) is 50.4 Å². The molecule has 2 N–H and O–H groups in total. The number of urea groups is 1. The summed E-state index contributed by atoms with van der Waals surface area (Å²) in [6, 6.07) is 4.31. The van der Waals surface area contributed by atoms with Crippen molar-refractivity contribution in [3.8, 4) is 5.75 Å². The summed E-state index contributed by atoms with van der Waals surface area (Å²) in [6.45, 7) is 6.32. The minimum atomic E-state index is -0.134. The summed E-state index contributed by atoms with van der Waals surface area (Å²) in [5.74, 6) is 0.868. The summed E-state index contributed by atoms with van der Waals surface area (Å²) in [5.41, 5.74) is 3.42. The Kier molecular flexibility index (Phi) is 5.48. The van der Waals surface area contributed by atoms with Gasteiger partial charge in [-0.05, 0) is 50.3 Å². The number of carbonyl (C=O) groups is 1. The van der Waals surface area contributed by atoms with Gasteiger partial charge in [-0.3, -0.25) is 0 Å². The predicted octanol–water partition coefficient (Wildman–Crippen LogP) is 3.58. The van der Waals surface area contributed by atoms with Crippen LogP contribution in [0.3, 0.4) is 0 Å². The van der Waals surface area contributed by atoms with Crippen molar-refractivity contribution >= 4 is 6.03 Å². The molecule has 4 heteroatoms. The Bertz CT molecular complexity index is 494. The molecule has 0 heterocycles. The number of ether oxygens (including phenoxy) is 1. The molecule has 116 valence electrons. The highest BCUT2D eigenvalue weighted by molar-refractivity contribution is 5.74. The van der Waals surface area contributed by atoms with Gasteiger partial charge in [0.2, 0.25) is 0 Å². The number of hydrogen-bond donors (Lipinski definition) is 2. The van der Waals surface area contributed by atoms with E-state index in [4.69, 9.17) is 4.74 Å². The standard InChI is InChI=1S/C17H26N2O2/c1-12-9-10-13(2)16(14(12)3)21-11-18-17(20)19-15-7-5-4-6-8-15/h9-10,15H,4-8,11H2,1-3H3,(H2,18,19,20). The fraction of sp³-hybridized carbons (Fsp3) is 0.588. The van der Waals surface area contributed by atoms with Crippen molar-refractivity contribution in [2.75, 3.05) is 6.73 Å². The van der Waals surface area contributed by atoms with E-state index in [9.17, 15) is 4.79 Å². The third kappa shape index (κ3) is 4.38. The second kappa shape index (κ2) is 7.34.